The van der Waals surface area contributed by atoms with E-state index in [1.807, 2.05) is 19.9 Å². The number of rotatable bonds is 4. The first-order valence-electron chi connectivity index (χ1n) is 10.2. The van der Waals surface area contributed by atoms with Gasteiger partial charge >= 0.3 is 0 Å². The fourth-order valence-corrected chi connectivity index (χ4v) is 4.80. The summed E-state index contributed by atoms with van der Waals surface area (Å²) in [4.78, 5) is 29.6. The predicted octanol–water partition coefficient (Wildman–Crippen LogP) is 4.81. The lowest BCUT2D eigenvalue weighted by Crippen LogP contribution is -2.50. The lowest BCUT2D eigenvalue weighted by molar-refractivity contribution is 0.0624. The van der Waals surface area contributed by atoms with Gasteiger partial charge in [-0.25, -0.2) is 0 Å². The second-order valence-electron chi connectivity index (χ2n) is 8.91. The summed E-state index contributed by atoms with van der Waals surface area (Å²) in [5.74, 6) is 0.0236. The van der Waals surface area contributed by atoms with E-state index in [4.69, 9.17) is 23.2 Å². The molecule has 1 aliphatic heterocycles. The molecule has 0 radical (unpaired) electrons. The average Bonchev–Trinajstić information content (AvgIpc) is 2.96. The molecule has 1 fully saturated rings. The molecule has 30 heavy (non-hydrogen) atoms. The number of aryl methyl sites for hydroxylation is 1. The van der Waals surface area contributed by atoms with Crippen molar-refractivity contribution in [3.8, 4) is 0 Å². The number of aromatic nitrogens is 1. The molecular formula is C23H29Cl2N3O2. The number of amides is 1. The van der Waals surface area contributed by atoms with Crippen LogP contribution in [-0.2, 0) is 5.54 Å². The monoisotopic (exact) mass is 449 g/mol. The summed E-state index contributed by atoms with van der Waals surface area (Å²) < 4.78 is 2.21. The van der Waals surface area contributed by atoms with Crippen LogP contribution in [0.5, 0.6) is 0 Å². The Morgan fingerprint density at radius 2 is 1.60 bits per heavy atom. The number of piperazine rings is 1. The van der Waals surface area contributed by atoms with Gasteiger partial charge in [0.1, 0.15) is 0 Å². The van der Waals surface area contributed by atoms with Crippen molar-refractivity contribution in [3.63, 3.8) is 0 Å². The van der Waals surface area contributed by atoms with Crippen molar-refractivity contribution in [1.82, 2.24) is 14.4 Å². The first-order chi connectivity index (χ1) is 14.0. The third kappa shape index (κ3) is 4.74. The minimum Gasteiger partial charge on any atom is -0.343 e. The van der Waals surface area contributed by atoms with Gasteiger partial charge in [-0.15, -0.1) is 0 Å². The van der Waals surface area contributed by atoms with Crippen molar-refractivity contribution in [1.29, 1.82) is 0 Å². The van der Waals surface area contributed by atoms with Crippen LogP contribution in [0.4, 0.5) is 0 Å². The van der Waals surface area contributed by atoms with Crippen molar-refractivity contribution in [2.75, 3.05) is 32.7 Å². The van der Waals surface area contributed by atoms with Gasteiger partial charge in [0.15, 0.2) is 5.78 Å². The zero-order valence-corrected chi connectivity index (χ0v) is 19.8. The van der Waals surface area contributed by atoms with Crippen LogP contribution in [0.2, 0.25) is 10.0 Å². The number of carbonyl (C=O) groups excluding carboxylic acids is 2. The molecule has 0 saturated carbocycles. The molecule has 2 heterocycles. The van der Waals surface area contributed by atoms with Gasteiger partial charge in [-0.3, -0.25) is 14.5 Å². The largest absolute Gasteiger partial charge is 0.343 e. The molecule has 2 aromatic rings. The number of hydrogen-bond donors (Lipinski definition) is 0. The van der Waals surface area contributed by atoms with Crippen LogP contribution in [0.15, 0.2) is 24.3 Å². The fraction of sp³-hybridized carbons (Fsp3) is 0.478. The third-order valence-corrected chi connectivity index (χ3v) is 6.14. The maximum absolute atomic E-state index is 13.0. The molecule has 1 amide bonds. The number of Topliss-reactive ketones (excluding diaryl/α,β-unsaturated/α-hetero) is 1. The van der Waals surface area contributed by atoms with Crippen LogP contribution in [0.25, 0.3) is 0 Å². The first-order valence-corrected chi connectivity index (χ1v) is 10.9. The van der Waals surface area contributed by atoms with Gasteiger partial charge < -0.3 is 9.47 Å². The van der Waals surface area contributed by atoms with E-state index in [2.05, 4.69) is 30.2 Å². The highest BCUT2D eigenvalue weighted by molar-refractivity contribution is 6.36. The molecule has 0 N–H and O–H groups in total. The van der Waals surface area contributed by atoms with E-state index in [0.717, 1.165) is 17.0 Å². The number of ketones is 1. The van der Waals surface area contributed by atoms with E-state index < -0.39 is 0 Å². The molecule has 0 spiro atoms. The van der Waals surface area contributed by atoms with Crippen LogP contribution < -0.4 is 0 Å². The highest BCUT2D eigenvalue weighted by Crippen LogP contribution is 2.25. The van der Waals surface area contributed by atoms with Crippen molar-refractivity contribution in [2.24, 2.45) is 0 Å². The molecule has 162 valence electrons. The summed E-state index contributed by atoms with van der Waals surface area (Å²) in [7, 11) is 0. The first kappa shape index (κ1) is 22.9. The Kier molecular flexibility index (Phi) is 6.66. The maximum atomic E-state index is 13.0. The zero-order valence-electron chi connectivity index (χ0n) is 18.3. The van der Waals surface area contributed by atoms with E-state index in [1.54, 1.807) is 23.1 Å². The summed E-state index contributed by atoms with van der Waals surface area (Å²) in [6.07, 6.45) is 0. The van der Waals surface area contributed by atoms with Crippen molar-refractivity contribution in [3.05, 3.63) is 56.8 Å². The smallest absolute Gasteiger partial charge is 0.255 e. The van der Waals surface area contributed by atoms with Gasteiger partial charge in [0, 0.05) is 53.7 Å². The van der Waals surface area contributed by atoms with E-state index >= 15 is 0 Å². The molecule has 0 bridgehead atoms. The Morgan fingerprint density at radius 3 is 2.13 bits per heavy atom. The zero-order chi connectivity index (χ0) is 22.2. The number of benzene rings is 1. The van der Waals surface area contributed by atoms with Crippen molar-refractivity contribution in [2.45, 2.75) is 40.2 Å². The third-order valence-electron chi connectivity index (χ3n) is 5.59. The lowest BCUT2D eigenvalue weighted by atomic mass is 10.1. The van der Waals surface area contributed by atoms with Gasteiger partial charge in [-0.1, -0.05) is 23.2 Å². The van der Waals surface area contributed by atoms with Crippen molar-refractivity contribution < 1.29 is 9.59 Å². The van der Waals surface area contributed by atoms with Gasteiger partial charge in [0.05, 0.1) is 17.1 Å². The molecule has 0 unspecified atom stereocenters. The summed E-state index contributed by atoms with van der Waals surface area (Å²) in [5.41, 5.74) is 3.28. The molecule has 0 aliphatic carbocycles. The minimum absolute atomic E-state index is 0.0678. The second kappa shape index (κ2) is 8.74. The van der Waals surface area contributed by atoms with Gasteiger partial charge in [0.25, 0.3) is 5.91 Å². The highest BCUT2D eigenvalue weighted by atomic mass is 35.5. The fourth-order valence-electron chi connectivity index (χ4n) is 4.31. The Hall–Kier alpha value is -1.82. The molecule has 0 atom stereocenters. The number of nitrogens with zero attached hydrogens (tertiary/aromatic N) is 3. The van der Waals surface area contributed by atoms with Crippen LogP contribution >= 0.6 is 23.2 Å². The summed E-state index contributed by atoms with van der Waals surface area (Å²) in [6, 6.07) is 6.90. The molecular weight excluding hydrogens is 421 g/mol. The van der Waals surface area contributed by atoms with Crippen LogP contribution in [0.3, 0.4) is 0 Å². The molecule has 1 aromatic heterocycles. The Morgan fingerprint density at radius 1 is 0.967 bits per heavy atom. The molecule has 5 nitrogen and oxygen atoms in total. The molecule has 7 heteroatoms. The molecule has 1 aromatic carbocycles. The van der Waals surface area contributed by atoms with Gasteiger partial charge in [-0.2, -0.15) is 0 Å². The molecule has 1 aliphatic rings. The topological polar surface area (TPSA) is 45.6 Å². The van der Waals surface area contributed by atoms with E-state index in [9.17, 15) is 9.59 Å². The van der Waals surface area contributed by atoms with E-state index in [-0.39, 0.29) is 17.2 Å². The summed E-state index contributed by atoms with van der Waals surface area (Å²) in [6.45, 7) is 13.3. The Balaban J connectivity index is 1.62. The minimum atomic E-state index is -0.101. The van der Waals surface area contributed by atoms with Gasteiger partial charge in [0.2, 0.25) is 0 Å². The predicted molar refractivity (Wildman–Crippen MR) is 122 cm³/mol. The van der Waals surface area contributed by atoms with Crippen molar-refractivity contribution >= 4 is 34.9 Å². The standard InChI is InChI=1S/C23H29Cl2N3O2/c1-15-12-19(16(2)28(15)23(3,4)5)21(29)14-26-8-10-27(11-9-26)22(30)18-7-6-17(24)13-20(18)25/h6-7,12-13H,8-11,14H2,1-5H3. The maximum Gasteiger partial charge on any atom is 0.255 e. The van der Waals surface area contributed by atoms with Crippen LogP contribution in [0.1, 0.15) is 52.9 Å². The van der Waals surface area contributed by atoms with E-state index in [1.165, 1.54) is 0 Å². The number of carbonyl (C=O) groups is 2. The van der Waals surface area contributed by atoms with Gasteiger partial charge in [-0.05, 0) is 58.9 Å². The SMILES string of the molecule is Cc1cc(C(=O)CN2CCN(C(=O)c3ccc(Cl)cc3Cl)CC2)c(C)n1C(C)(C)C. The van der Waals surface area contributed by atoms with Crippen LogP contribution in [-0.4, -0.2) is 58.8 Å². The number of hydrogen-bond acceptors (Lipinski definition) is 3. The number of halogens is 2. The van der Waals surface area contributed by atoms with Crippen LogP contribution in [0, 0.1) is 13.8 Å². The lowest BCUT2D eigenvalue weighted by Gasteiger charge is -2.34. The summed E-state index contributed by atoms with van der Waals surface area (Å²) in [5, 5.41) is 0.866. The molecule has 1 saturated heterocycles. The normalized spacial score (nSPS) is 15.5. The molecule has 3 rings (SSSR count). The van der Waals surface area contributed by atoms with E-state index in [0.29, 0.717) is 48.3 Å². The Bertz CT molecular complexity index is 968. The Labute approximate surface area is 188 Å². The highest BCUT2D eigenvalue weighted by Gasteiger charge is 2.27. The summed E-state index contributed by atoms with van der Waals surface area (Å²) >= 11 is 12.1. The average molecular weight is 450 g/mol. The second-order valence-corrected chi connectivity index (χ2v) is 9.75. The quantitative estimate of drug-likeness (QED) is 0.629.